The predicted octanol–water partition coefficient (Wildman–Crippen LogP) is 6.41. The molecule has 0 bridgehead atoms. The van der Waals surface area contributed by atoms with Gasteiger partial charge in [-0.25, -0.2) is 0 Å². The standard InChI is InChI=1S/C29H37.C10H15.C8H8.2ClH.Zr/c1-21-14-13-15-22-20-27(6)25(4)18-10-9-16-23(25,2)24(3)17-11-12-19-26(24,5)29(27,8)28(21,22)7;1-8-5-6-9(7-8)10(2,3)4;1-2-8-6-4-3-5-7-8;;;/h9-20,22H,1-8H3;6-8H,1-4H3;1,3-7H,2H2;2*1H;/q;;;;;+2/p-2. The first-order chi connectivity index (χ1) is 22.4. The van der Waals surface area contributed by atoms with Gasteiger partial charge in [-0.15, -0.1) is 0 Å². The number of hydrogen-bond donors (Lipinski definition) is 0. The zero-order valence-corrected chi connectivity index (χ0v) is 36.6. The van der Waals surface area contributed by atoms with Crippen molar-refractivity contribution in [2.24, 2.45) is 55.2 Å². The zero-order valence-electron chi connectivity index (χ0n) is 32.7. The minimum Gasteiger partial charge on any atom is -1.00 e. The topological polar surface area (TPSA) is 0 Å². The van der Waals surface area contributed by atoms with Crippen LogP contribution < -0.4 is 24.8 Å². The molecule has 0 heterocycles. The molecule has 2 saturated carbocycles. The van der Waals surface area contributed by atoms with Crippen LogP contribution in [-0.4, -0.2) is 3.71 Å². The fourth-order valence-corrected chi connectivity index (χ4v) is 23.6. The summed E-state index contributed by atoms with van der Waals surface area (Å²) in [6, 6.07) is 11.3. The molecule has 3 heteroatoms. The number of fused-ring (bicyclic) bond motifs is 8. The molecule has 6 aliphatic rings. The third-order valence-electron chi connectivity index (χ3n) is 16.7. The first-order valence-electron chi connectivity index (χ1n) is 18.7. The fourth-order valence-electron chi connectivity index (χ4n) is 13.0. The summed E-state index contributed by atoms with van der Waals surface area (Å²) in [7, 11) is 0. The van der Waals surface area contributed by atoms with Crippen LogP contribution in [0.15, 0.2) is 124 Å². The van der Waals surface area contributed by atoms with Crippen molar-refractivity contribution >= 4 is 3.71 Å². The van der Waals surface area contributed by atoms with Crippen LogP contribution in [0.3, 0.4) is 0 Å². The van der Waals surface area contributed by atoms with E-state index < -0.39 is 21.3 Å². The van der Waals surface area contributed by atoms with E-state index in [1.54, 1.807) is 11.1 Å². The Morgan fingerprint density at radius 3 is 1.84 bits per heavy atom. The van der Waals surface area contributed by atoms with Gasteiger partial charge >= 0.3 is 303 Å². The maximum atomic E-state index is 2.96. The Morgan fingerprint density at radius 1 is 0.740 bits per heavy atom. The number of halogens is 2. The molecule has 0 saturated heterocycles. The second-order valence-corrected chi connectivity index (χ2v) is 24.8. The molecule has 10 unspecified atom stereocenters. The smallest absolute Gasteiger partial charge is 1.00 e. The van der Waals surface area contributed by atoms with E-state index in [1.165, 1.54) is 5.56 Å². The van der Waals surface area contributed by atoms with Crippen molar-refractivity contribution in [2.75, 3.05) is 0 Å². The van der Waals surface area contributed by atoms with Crippen molar-refractivity contribution in [1.82, 2.24) is 0 Å². The van der Waals surface area contributed by atoms with E-state index in [4.69, 9.17) is 0 Å². The van der Waals surface area contributed by atoms with Gasteiger partial charge in [0.25, 0.3) is 0 Å². The van der Waals surface area contributed by atoms with Crippen molar-refractivity contribution in [1.29, 1.82) is 0 Å². The summed E-state index contributed by atoms with van der Waals surface area (Å²) in [5.41, 5.74) is 4.40. The zero-order chi connectivity index (χ0) is 34.8. The molecular formula is C47H60Cl2Zr. The van der Waals surface area contributed by atoms with Crippen molar-refractivity contribution < 1.29 is 46.1 Å². The molecule has 266 valence electrons. The van der Waals surface area contributed by atoms with E-state index >= 15 is 0 Å². The molecule has 0 N–H and O–H groups in total. The normalized spacial score (nSPS) is 43.4. The van der Waals surface area contributed by atoms with E-state index in [0.717, 1.165) is 6.42 Å². The van der Waals surface area contributed by atoms with Gasteiger partial charge in [0, 0.05) is 0 Å². The molecule has 50 heavy (non-hydrogen) atoms. The Hall–Kier alpha value is -1.53. The van der Waals surface area contributed by atoms with Gasteiger partial charge in [-0.05, 0) is 0 Å². The second-order valence-electron chi connectivity index (χ2n) is 18.6. The minimum absolute atomic E-state index is 0. The summed E-state index contributed by atoms with van der Waals surface area (Å²) in [5, 5.41) is 0. The Bertz CT molecular complexity index is 1830. The first-order valence-corrected chi connectivity index (χ1v) is 22.7. The van der Waals surface area contributed by atoms with Crippen LogP contribution in [0.2, 0.25) is 3.63 Å². The first kappa shape index (κ1) is 39.7. The van der Waals surface area contributed by atoms with Crippen molar-refractivity contribution in [3.05, 3.63) is 129 Å². The van der Waals surface area contributed by atoms with E-state index in [-0.39, 0.29) is 68.1 Å². The van der Waals surface area contributed by atoms with Gasteiger partial charge in [-0.2, -0.15) is 0 Å². The minimum atomic E-state index is -2.66. The number of hydrogen-bond acceptors (Lipinski definition) is 0. The van der Waals surface area contributed by atoms with Crippen molar-refractivity contribution in [3.63, 3.8) is 0 Å². The van der Waals surface area contributed by atoms with Crippen LogP contribution >= 0.6 is 0 Å². The Kier molecular flexibility index (Phi) is 9.94. The summed E-state index contributed by atoms with van der Waals surface area (Å²) in [6.45, 7) is 31.1. The van der Waals surface area contributed by atoms with E-state index in [0.29, 0.717) is 15.5 Å². The van der Waals surface area contributed by atoms with Gasteiger partial charge in [-0.3, -0.25) is 0 Å². The van der Waals surface area contributed by atoms with Crippen LogP contribution in [-0.2, 0) is 27.7 Å². The summed E-state index contributed by atoms with van der Waals surface area (Å²) >= 11 is -2.66. The molecule has 10 atom stereocenters. The summed E-state index contributed by atoms with van der Waals surface area (Å²) in [5.74, 6) is 0.971. The van der Waals surface area contributed by atoms with E-state index in [9.17, 15) is 0 Å². The average molecular weight is 787 g/mol. The van der Waals surface area contributed by atoms with Crippen LogP contribution in [0.5, 0.6) is 0 Å². The summed E-state index contributed by atoms with van der Waals surface area (Å²) in [4.78, 5) is 0. The SMILES string of the molecule is CC1=CC=CC2[CH](/[Zr+2](=[CH]/Cc3ccccc3)[C]3=CC(C(C)(C)C)=CC3C)C3(C)C4(C)C=CC=CC4(C)C4(C)C=CC=CC4(C)C3(C)C12C.[Cl-].[Cl-]. The third kappa shape index (κ3) is 4.48. The van der Waals surface area contributed by atoms with Crippen LogP contribution in [0.1, 0.15) is 88.6 Å². The largest absolute Gasteiger partial charge is 1.00 e. The second kappa shape index (κ2) is 12.5. The van der Waals surface area contributed by atoms with Gasteiger partial charge in [0.05, 0.1) is 0 Å². The number of rotatable bonds is 4. The summed E-state index contributed by atoms with van der Waals surface area (Å²) < 4.78 is 5.36. The number of allylic oxidation sites excluding steroid dienone is 16. The molecular weight excluding hydrogens is 727 g/mol. The molecule has 7 rings (SSSR count). The summed E-state index contributed by atoms with van der Waals surface area (Å²) in [6.07, 6.45) is 34.2. The molecule has 0 nitrogen and oxygen atoms in total. The van der Waals surface area contributed by atoms with E-state index in [2.05, 4.69) is 196 Å². The fraction of sp³-hybridized carbons (Fsp3) is 0.511. The quantitative estimate of drug-likeness (QED) is 0.332. The molecule has 0 aromatic heterocycles. The molecule has 0 aliphatic heterocycles. The molecule has 1 aromatic carbocycles. The molecule has 1 aromatic rings. The maximum absolute atomic E-state index is 2.96. The van der Waals surface area contributed by atoms with Gasteiger partial charge in [0.2, 0.25) is 0 Å². The molecule has 0 amide bonds. The Morgan fingerprint density at radius 2 is 1.28 bits per heavy atom. The van der Waals surface area contributed by atoms with Gasteiger partial charge in [-0.1, -0.05) is 0 Å². The van der Waals surface area contributed by atoms with Gasteiger partial charge < -0.3 is 24.8 Å². The van der Waals surface area contributed by atoms with Crippen LogP contribution in [0, 0.1) is 55.2 Å². The molecule has 6 aliphatic carbocycles. The number of benzene rings is 1. The Labute approximate surface area is 325 Å². The molecule has 0 radical (unpaired) electrons. The average Bonchev–Trinajstić information content (AvgIpc) is 3.51. The van der Waals surface area contributed by atoms with Gasteiger partial charge in [0.1, 0.15) is 0 Å². The predicted molar refractivity (Wildman–Crippen MR) is 204 cm³/mol. The Balaban J connectivity index is 0.00000243. The van der Waals surface area contributed by atoms with Crippen molar-refractivity contribution in [2.45, 2.75) is 93.1 Å². The van der Waals surface area contributed by atoms with Crippen molar-refractivity contribution in [3.8, 4) is 0 Å². The maximum Gasteiger partial charge on any atom is -1.00 e. The monoisotopic (exact) mass is 784 g/mol. The van der Waals surface area contributed by atoms with E-state index in [1.807, 2.05) is 3.28 Å². The van der Waals surface area contributed by atoms with Gasteiger partial charge in [0.15, 0.2) is 0 Å². The van der Waals surface area contributed by atoms with Crippen LogP contribution in [0.4, 0.5) is 0 Å². The molecule has 2 fully saturated rings. The van der Waals surface area contributed by atoms with Crippen LogP contribution in [0.25, 0.3) is 0 Å². The molecule has 0 spiro atoms. The third-order valence-corrected chi connectivity index (χ3v) is 25.3.